The highest BCUT2D eigenvalue weighted by Gasteiger charge is 2.11. The van der Waals surface area contributed by atoms with E-state index >= 15 is 0 Å². The molecular weight excluding hydrogens is 234 g/mol. The topological polar surface area (TPSA) is 92.7 Å². The van der Waals surface area contributed by atoms with E-state index in [0.717, 1.165) is 0 Å². The number of carbonyl (C=O) groups is 1. The van der Waals surface area contributed by atoms with Gasteiger partial charge in [0, 0.05) is 25.0 Å². The van der Waals surface area contributed by atoms with Crippen LogP contribution in [0.5, 0.6) is 0 Å². The molecule has 2 heterocycles. The zero-order valence-electron chi connectivity index (χ0n) is 10.1. The van der Waals surface area contributed by atoms with Crippen LogP contribution in [-0.2, 0) is 13.6 Å². The molecule has 0 atom stereocenters. The molecule has 2 rings (SSSR count). The van der Waals surface area contributed by atoms with E-state index in [1.165, 1.54) is 12.3 Å². The van der Waals surface area contributed by atoms with Gasteiger partial charge in [0.15, 0.2) is 11.3 Å². The third-order valence-corrected chi connectivity index (χ3v) is 2.51. The van der Waals surface area contributed by atoms with Crippen molar-refractivity contribution in [1.82, 2.24) is 25.1 Å². The molecular formula is C11H13N5O2. The number of aromatic amines is 1. The molecule has 0 saturated heterocycles. The van der Waals surface area contributed by atoms with Crippen LogP contribution >= 0.6 is 0 Å². The molecule has 94 valence electrons. The van der Waals surface area contributed by atoms with Crippen LogP contribution < -0.4 is 10.7 Å². The second-order valence-corrected chi connectivity index (χ2v) is 3.93. The predicted molar refractivity (Wildman–Crippen MR) is 64.0 cm³/mol. The molecule has 1 amide bonds. The van der Waals surface area contributed by atoms with E-state index in [1.807, 2.05) is 0 Å². The molecule has 18 heavy (non-hydrogen) atoms. The minimum absolute atomic E-state index is 0.0859. The maximum absolute atomic E-state index is 11.8. The van der Waals surface area contributed by atoms with Crippen molar-refractivity contribution >= 4 is 5.91 Å². The minimum Gasteiger partial charge on any atom is -0.364 e. The number of nitrogens with one attached hydrogen (secondary N) is 2. The number of hydrogen-bond acceptors (Lipinski definition) is 4. The molecule has 2 N–H and O–H groups in total. The first-order valence-electron chi connectivity index (χ1n) is 5.38. The van der Waals surface area contributed by atoms with Crippen molar-refractivity contribution in [1.29, 1.82) is 0 Å². The fourth-order valence-electron chi connectivity index (χ4n) is 1.47. The van der Waals surface area contributed by atoms with Gasteiger partial charge in [0.1, 0.15) is 11.9 Å². The van der Waals surface area contributed by atoms with Crippen LogP contribution in [0, 0.1) is 6.92 Å². The lowest BCUT2D eigenvalue weighted by Crippen LogP contribution is -2.29. The van der Waals surface area contributed by atoms with Crippen molar-refractivity contribution in [3.8, 4) is 0 Å². The van der Waals surface area contributed by atoms with Crippen LogP contribution in [0.25, 0.3) is 0 Å². The number of hydrogen-bond donors (Lipinski definition) is 2. The standard InChI is InChI=1S/C11H13N5O2/c1-7-3-9(17)8(4-12-7)11(18)13-5-10-15-14-6-16(10)2/h3-4,6H,5H2,1-2H3,(H,12,17)(H,13,18). The van der Waals surface area contributed by atoms with Crippen LogP contribution in [0.3, 0.4) is 0 Å². The van der Waals surface area contributed by atoms with E-state index in [4.69, 9.17) is 0 Å². The van der Waals surface area contributed by atoms with E-state index in [2.05, 4.69) is 20.5 Å². The summed E-state index contributed by atoms with van der Waals surface area (Å²) in [7, 11) is 1.78. The third kappa shape index (κ3) is 2.45. The maximum Gasteiger partial charge on any atom is 0.257 e. The summed E-state index contributed by atoms with van der Waals surface area (Å²) in [6, 6.07) is 1.39. The normalized spacial score (nSPS) is 10.3. The molecule has 0 fully saturated rings. The molecule has 0 spiro atoms. The molecule has 0 aliphatic heterocycles. The first-order valence-corrected chi connectivity index (χ1v) is 5.38. The van der Waals surface area contributed by atoms with Crippen LogP contribution in [0.2, 0.25) is 0 Å². The van der Waals surface area contributed by atoms with Gasteiger partial charge in [-0.15, -0.1) is 10.2 Å². The summed E-state index contributed by atoms with van der Waals surface area (Å²) in [5, 5.41) is 10.1. The highest BCUT2D eigenvalue weighted by molar-refractivity contribution is 5.93. The number of pyridine rings is 1. The van der Waals surface area contributed by atoms with E-state index in [9.17, 15) is 9.59 Å². The monoisotopic (exact) mass is 247 g/mol. The average Bonchev–Trinajstić information content (AvgIpc) is 2.72. The summed E-state index contributed by atoms with van der Waals surface area (Å²) in [5.41, 5.74) is 0.495. The number of nitrogens with zero attached hydrogens (tertiary/aromatic N) is 3. The van der Waals surface area contributed by atoms with Crippen molar-refractivity contribution in [2.75, 3.05) is 0 Å². The summed E-state index contributed by atoms with van der Waals surface area (Å²) in [5.74, 6) is 0.186. The lowest BCUT2D eigenvalue weighted by Gasteiger charge is -2.04. The van der Waals surface area contributed by atoms with Gasteiger partial charge in [-0.3, -0.25) is 9.59 Å². The van der Waals surface area contributed by atoms with Gasteiger partial charge in [0.2, 0.25) is 0 Å². The maximum atomic E-state index is 11.8. The lowest BCUT2D eigenvalue weighted by atomic mass is 10.2. The summed E-state index contributed by atoms with van der Waals surface area (Å²) in [6.45, 7) is 1.98. The van der Waals surface area contributed by atoms with Gasteiger partial charge in [-0.05, 0) is 6.92 Å². The van der Waals surface area contributed by atoms with E-state index in [-0.39, 0.29) is 17.5 Å². The quantitative estimate of drug-likeness (QED) is 0.781. The Morgan fingerprint density at radius 3 is 2.94 bits per heavy atom. The highest BCUT2D eigenvalue weighted by Crippen LogP contribution is 1.95. The molecule has 7 heteroatoms. The third-order valence-electron chi connectivity index (χ3n) is 2.51. The second-order valence-electron chi connectivity index (χ2n) is 3.93. The van der Waals surface area contributed by atoms with Crippen molar-refractivity contribution in [2.45, 2.75) is 13.5 Å². The first kappa shape index (κ1) is 12.0. The molecule has 0 aliphatic carbocycles. The minimum atomic E-state index is -0.431. The predicted octanol–water partition coefficient (Wildman–Crippen LogP) is -0.258. The molecule has 0 bridgehead atoms. The van der Waals surface area contributed by atoms with Gasteiger partial charge < -0.3 is 14.9 Å². The molecule has 2 aromatic heterocycles. The van der Waals surface area contributed by atoms with Gasteiger partial charge in [-0.1, -0.05) is 0 Å². The fraction of sp³-hybridized carbons (Fsp3) is 0.273. The van der Waals surface area contributed by atoms with Crippen LogP contribution in [0.4, 0.5) is 0 Å². The van der Waals surface area contributed by atoms with E-state index in [1.54, 1.807) is 24.9 Å². The highest BCUT2D eigenvalue weighted by atomic mass is 16.2. The number of carbonyl (C=O) groups excluding carboxylic acids is 1. The van der Waals surface area contributed by atoms with Crippen molar-refractivity contribution in [3.63, 3.8) is 0 Å². The SMILES string of the molecule is Cc1cc(=O)c(C(=O)NCc2nncn2C)c[nH]1. The average molecular weight is 247 g/mol. The summed E-state index contributed by atoms with van der Waals surface area (Å²) in [4.78, 5) is 26.2. The Labute approximate surface area is 103 Å². The van der Waals surface area contributed by atoms with Crippen LogP contribution in [0.15, 0.2) is 23.4 Å². The van der Waals surface area contributed by atoms with Gasteiger partial charge in [-0.25, -0.2) is 0 Å². The van der Waals surface area contributed by atoms with Crippen molar-refractivity contribution in [2.24, 2.45) is 7.05 Å². The molecule has 0 aliphatic rings. The molecule has 0 saturated carbocycles. The zero-order chi connectivity index (χ0) is 13.1. The summed E-state index contributed by atoms with van der Waals surface area (Å²) in [6.07, 6.45) is 2.95. The number of aromatic nitrogens is 4. The Morgan fingerprint density at radius 1 is 1.56 bits per heavy atom. The number of aryl methyl sites for hydroxylation is 2. The molecule has 2 aromatic rings. The Balaban J connectivity index is 2.09. The first-order chi connectivity index (χ1) is 8.58. The Bertz CT molecular complexity index is 628. The Morgan fingerprint density at radius 2 is 2.33 bits per heavy atom. The molecule has 0 unspecified atom stereocenters. The van der Waals surface area contributed by atoms with E-state index in [0.29, 0.717) is 11.5 Å². The number of H-pyrrole nitrogens is 1. The lowest BCUT2D eigenvalue weighted by molar-refractivity contribution is 0.0948. The number of amides is 1. The van der Waals surface area contributed by atoms with Crippen LogP contribution in [-0.4, -0.2) is 25.7 Å². The fourth-order valence-corrected chi connectivity index (χ4v) is 1.47. The van der Waals surface area contributed by atoms with Gasteiger partial charge >= 0.3 is 0 Å². The van der Waals surface area contributed by atoms with Crippen molar-refractivity contribution < 1.29 is 4.79 Å². The molecule has 7 nitrogen and oxygen atoms in total. The van der Waals surface area contributed by atoms with Crippen molar-refractivity contribution in [3.05, 3.63) is 45.9 Å². The van der Waals surface area contributed by atoms with Gasteiger partial charge in [0.25, 0.3) is 5.91 Å². The Kier molecular flexibility index (Phi) is 3.22. The smallest absolute Gasteiger partial charge is 0.257 e. The van der Waals surface area contributed by atoms with Crippen LogP contribution in [0.1, 0.15) is 21.9 Å². The summed E-state index contributed by atoms with van der Waals surface area (Å²) < 4.78 is 1.69. The molecule has 0 radical (unpaired) electrons. The van der Waals surface area contributed by atoms with Gasteiger partial charge in [0.05, 0.1) is 6.54 Å². The Hall–Kier alpha value is -2.44. The van der Waals surface area contributed by atoms with Gasteiger partial charge in [-0.2, -0.15) is 0 Å². The van der Waals surface area contributed by atoms with E-state index < -0.39 is 5.91 Å². The molecule has 0 aromatic carbocycles. The zero-order valence-corrected chi connectivity index (χ0v) is 10.1. The second kappa shape index (κ2) is 4.82. The number of rotatable bonds is 3. The summed E-state index contributed by atoms with van der Waals surface area (Å²) >= 11 is 0. The largest absolute Gasteiger partial charge is 0.364 e.